The van der Waals surface area contributed by atoms with Crippen LogP contribution in [0.15, 0.2) is 76.7 Å². The molecule has 11 heteroatoms. The number of ether oxygens (including phenoxy) is 2. The second kappa shape index (κ2) is 13.2. The highest BCUT2D eigenvalue weighted by atomic mass is 19.1. The molecule has 39 heavy (non-hydrogen) atoms. The number of nitrogen functional groups attached to an aromatic ring is 1. The zero-order chi connectivity index (χ0) is 27.6. The molecule has 7 N–H and O–H groups in total. The summed E-state index contributed by atoms with van der Waals surface area (Å²) in [5, 5.41) is 2.69. The minimum atomic E-state index is -0.683. The van der Waals surface area contributed by atoms with Crippen LogP contribution in [0, 0.1) is 5.95 Å². The molecule has 2 aliphatic rings. The number of amidine groups is 2. The van der Waals surface area contributed by atoms with Crippen molar-refractivity contribution >= 4 is 29.3 Å². The molecule has 204 valence electrons. The number of benzene rings is 2. The highest BCUT2D eigenvalue weighted by Crippen LogP contribution is 2.16. The SMILES string of the molecule is NC1=N[C@@H](CCc2ccc(N)cc2)CO1.NC1=N[C@@H](CCc2ccc(NC(=O)c3cccc(F)n3)cc2)CO1. The van der Waals surface area contributed by atoms with Crippen molar-refractivity contribution in [3.05, 3.63) is 89.5 Å². The van der Waals surface area contributed by atoms with Crippen LogP contribution in [0.2, 0.25) is 0 Å². The third-order valence-corrected chi connectivity index (χ3v) is 6.14. The number of nitrogens with two attached hydrogens (primary N) is 3. The topological polar surface area (TPSA) is 163 Å². The Morgan fingerprint density at radius 2 is 1.36 bits per heavy atom. The third kappa shape index (κ3) is 8.70. The van der Waals surface area contributed by atoms with Crippen molar-refractivity contribution in [2.24, 2.45) is 21.5 Å². The van der Waals surface area contributed by atoms with Gasteiger partial charge in [-0.15, -0.1) is 0 Å². The maximum Gasteiger partial charge on any atom is 0.282 e. The molecule has 2 aliphatic heterocycles. The molecule has 0 spiro atoms. The molecule has 1 aromatic heterocycles. The lowest BCUT2D eigenvalue weighted by Crippen LogP contribution is -2.14. The van der Waals surface area contributed by atoms with E-state index in [-0.39, 0.29) is 23.8 Å². The first-order valence-corrected chi connectivity index (χ1v) is 12.6. The zero-order valence-corrected chi connectivity index (χ0v) is 21.4. The van der Waals surface area contributed by atoms with E-state index in [1.807, 2.05) is 36.4 Å². The summed E-state index contributed by atoms with van der Waals surface area (Å²) >= 11 is 0. The Morgan fingerprint density at radius 1 is 0.821 bits per heavy atom. The summed E-state index contributed by atoms with van der Waals surface area (Å²) in [6.45, 7) is 1.14. The van der Waals surface area contributed by atoms with Crippen molar-refractivity contribution in [3.8, 4) is 0 Å². The summed E-state index contributed by atoms with van der Waals surface area (Å²) in [6, 6.07) is 20.3. The number of aliphatic imine (C=N–C) groups is 2. The van der Waals surface area contributed by atoms with E-state index in [4.69, 9.17) is 26.7 Å². The molecule has 10 nitrogen and oxygen atoms in total. The van der Waals surface area contributed by atoms with Gasteiger partial charge < -0.3 is 32.0 Å². The van der Waals surface area contributed by atoms with Gasteiger partial charge in [0, 0.05) is 11.4 Å². The number of halogens is 1. The Balaban J connectivity index is 0.000000202. The monoisotopic (exact) mass is 533 g/mol. The van der Waals surface area contributed by atoms with Gasteiger partial charge in [0.25, 0.3) is 18.0 Å². The van der Waals surface area contributed by atoms with E-state index in [2.05, 4.69) is 20.3 Å². The number of carbonyl (C=O) groups excluding carboxylic acids is 1. The molecule has 0 radical (unpaired) electrons. The predicted octanol–water partition coefficient (Wildman–Crippen LogP) is 3.03. The van der Waals surface area contributed by atoms with E-state index in [1.165, 1.54) is 23.8 Å². The van der Waals surface area contributed by atoms with Crippen LogP contribution in [0.1, 0.15) is 34.5 Å². The average molecular weight is 534 g/mol. The maximum absolute atomic E-state index is 13.0. The lowest BCUT2D eigenvalue weighted by molar-refractivity contribution is 0.102. The van der Waals surface area contributed by atoms with Crippen LogP contribution in [0.4, 0.5) is 15.8 Å². The predicted molar refractivity (Wildman–Crippen MR) is 149 cm³/mol. The van der Waals surface area contributed by atoms with Crippen LogP contribution in [0.25, 0.3) is 0 Å². The first kappa shape index (κ1) is 27.4. The Kier molecular flexibility index (Phi) is 9.28. The lowest BCUT2D eigenvalue weighted by atomic mass is 10.1. The Bertz CT molecular complexity index is 1310. The molecule has 0 unspecified atom stereocenters. The number of aryl methyl sites for hydroxylation is 2. The molecular weight excluding hydrogens is 501 g/mol. The summed E-state index contributed by atoms with van der Waals surface area (Å²) in [5.41, 5.74) is 20.4. The van der Waals surface area contributed by atoms with Gasteiger partial charge in [-0.2, -0.15) is 4.39 Å². The normalized spacial score (nSPS) is 17.7. The fraction of sp³-hybridized carbons (Fsp3) is 0.286. The Morgan fingerprint density at radius 3 is 1.85 bits per heavy atom. The van der Waals surface area contributed by atoms with Gasteiger partial charge in [0.05, 0.1) is 12.1 Å². The molecule has 1 amide bonds. The fourth-order valence-electron chi connectivity index (χ4n) is 4.00. The zero-order valence-electron chi connectivity index (χ0n) is 21.4. The summed E-state index contributed by atoms with van der Waals surface area (Å²) in [7, 11) is 0. The maximum atomic E-state index is 13.0. The smallest absolute Gasteiger partial charge is 0.282 e. The first-order chi connectivity index (χ1) is 18.8. The van der Waals surface area contributed by atoms with Gasteiger partial charge in [-0.05, 0) is 73.2 Å². The van der Waals surface area contributed by atoms with Crippen LogP contribution in [-0.2, 0) is 22.3 Å². The largest absolute Gasteiger partial charge is 0.463 e. The van der Waals surface area contributed by atoms with Crippen LogP contribution < -0.4 is 22.5 Å². The summed E-state index contributed by atoms with van der Waals surface area (Å²) in [5.74, 6) is -1.13. The number of amides is 1. The highest BCUT2D eigenvalue weighted by molar-refractivity contribution is 6.02. The number of aromatic nitrogens is 1. The number of hydrogen-bond acceptors (Lipinski definition) is 9. The van der Waals surface area contributed by atoms with E-state index in [0.29, 0.717) is 24.9 Å². The molecule has 2 aromatic carbocycles. The number of nitrogens with one attached hydrogen (secondary N) is 1. The van der Waals surface area contributed by atoms with E-state index in [0.717, 1.165) is 36.9 Å². The summed E-state index contributed by atoms with van der Waals surface area (Å²) in [4.78, 5) is 23.9. The molecule has 3 aromatic rings. The van der Waals surface area contributed by atoms with Gasteiger partial charge in [-0.3, -0.25) is 4.79 Å². The second-order valence-corrected chi connectivity index (χ2v) is 9.18. The van der Waals surface area contributed by atoms with Crippen molar-refractivity contribution in [2.45, 2.75) is 37.8 Å². The van der Waals surface area contributed by atoms with Crippen LogP contribution >= 0.6 is 0 Å². The van der Waals surface area contributed by atoms with Gasteiger partial charge in [-0.1, -0.05) is 30.3 Å². The summed E-state index contributed by atoms with van der Waals surface area (Å²) in [6.07, 6.45) is 3.62. The van der Waals surface area contributed by atoms with E-state index < -0.39 is 11.9 Å². The molecule has 0 fully saturated rings. The second-order valence-electron chi connectivity index (χ2n) is 9.18. The lowest BCUT2D eigenvalue weighted by Gasteiger charge is -2.07. The molecule has 0 saturated heterocycles. The third-order valence-electron chi connectivity index (χ3n) is 6.14. The van der Waals surface area contributed by atoms with Crippen molar-refractivity contribution in [1.29, 1.82) is 0 Å². The van der Waals surface area contributed by atoms with Crippen molar-refractivity contribution in [3.63, 3.8) is 0 Å². The fourth-order valence-corrected chi connectivity index (χ4v) is 4.00. The molecule has 2 atom stereocenters. The van der Waals surface area contributed by atoms with E-state index in [9.17, 15) is 9.18 Å². The average Bonchev–Trinajstić information content (AvgIpc) is 3.55. The van der Waals surface area contributed by atoms with E-state index in [1.54, 1.807) is 12.1 Å². The van der Waals surface area contributed by atoms with Crippen molar-refractivity contribution in [1.82, 2.24) is 4.98 Å². The van der Waals surface area contributed by atoms with Crippen LogP contribution in [-0.4, -0.2) is 48.2 Å². The molecule has 3 heterocycles. The number of carbonyl (C=O) groups is 1. The van der Waals surface area contributed by atoms with Gasteiger partial charge in [-0.25, -0.2) is 15.0 Å². The van der Waals surface area contributed by atoms with Gasteiger partial charge in [0.15, 0.2) is 0 Å². The van der Waals surface area contributed by atoms with Gasteiger partial charge in [0.2, 0.25) is 5.95 Å². The standard InChI is InChI=1S/C17H17FN4O2.C11H15N3O/c18-15-3-1-2-14(22-15)16(23)20-12-7-4-11(5-8-12)6-9-13-10-24-17(19)21-13;12-9-4-1-8(2-5-9)3-6-10-7-15-11(13)14-10/h1-5,7-8,13H,6,9-10H2,(H2,19,21)(H,20,23);1-2,4-5,10H,3,6-7,12H2,(H2,13,14)/t13-;10-/m00/s1. The summed E-state index contributed by atoms with van der Waals surface area (Å²) < 4.78 is 23.2. The quantitative estimate of drug-likeness (QED) is 0.255. The number of anilines is 2. The molecule has 0 saturated carbocycles. The number of nitrogens with zero attached hydrogens (tertiary/aromatic N) is 3. The molecular formula is C28H32FN7O3. The van der Waals surface area contributed by atoms with Crippen LogP contribution in [0.3, 0.4) is 0 Å². The van der Waals surface area contributed by atoms with Crippen LogP contribution in [0.5, 0.6) is 0 Å². The first-order valence-electron chi connectivity index (χ1n) is 12.6. The number of rotatable bonds is 8. The minimum Gasteiger partial charge on any atom is -0.463 e. The Labute approximate surface area is 226 Å². The number of hydrogen-bond donors (Lipinski definition) is 4. The van der Waals surface area contributed by atoms with E-state index >= 15 is 0 Å². The number of pyridine rings is 1. The van der Waals surface area contributed by atoms with Crippen molar-refractivity contribution < 1.29 is 18.7 Å². The Hall–Kier alpha value is -4.67. The molecule has 0 aliphatic carbocycles. The van der Waals surface area contributed by atoms with Gasteiger partial charge >= 0.3 is 0 Å². The van der Waals surface area contributed by atoms with Gasteiger partial charge in [0.1, 0.15) is 18.9 Å². The van der Waals surface area contributed by atoms with Crippen molar-refractivity contribution in [2.75, 3.05) is 24.3 Å². The highest BCUT2D eigenvalue weighted by Gasteiger charge is 2.17. The molecule has 0 bridgehead atoms. The molecule has 5 rings (SSSR count). The minimum absolute atomic E-state index is 0.0377.